The minimum atomic E-state index is -0.756. The second-order valence-electron chi connectivity index (χ2n) is 7.98. The van der Waals surface area contributed by atoms with Crippen molar-refractivity contribution >= 4 is 11.9 Å². The third-order valence-corrected chi connectivity index (χ3v) is 5.46. The molecule has 0 saturated carbocycles. The summed E-state index contributed by atoms with van der Waals surface area (Å²) < 4.78 is 0. The second kappa shape index (κ2) is 12.9. The molecule has 0 bridgehead atoms. The van der Waals surface area contributed by atoms with Gasteiger partial charge in [-0.1, -0.05) is 62.0 Å². The Morgan fingerprint density at radius 3 is 2.70 bits per heavy atom. The number of carbonyl (C=O) groups is 2. The Labute approximate surface area is 179 Å². The van der Waals surface area contributed by atoms with Gasteiger partial charge in [0.1, 0.15) is 0 Å². The number of amides is 1. The Kier molecular flexibility index (Phi) is 10.2. The summed E-state index contributed by atoms with van der Waals surface area (Å²) in [6.45, 7) is 2.67. The van der Waals surface area contributed by atoms with Crippen LogP contribution in [0.1, 0.15) is 63.9 Å². The minimum absolute atomic E-state index is 0.0113. The van der Waals surface area contributed by atoms with Crippen molar-refractivity contribution in [3.8, 4) is 11.8 Å². The molecule has 0 aliphatic carbocycles. The van der Waals surface area contributed by atoms with E-state index in [1.807, 2.05) is 48.2 Å². The van der Waals surface area contributed by atoms with E-state index in [0.717, 1.165) is 31.2 Å². The number of hydrogen-bond acceptors (Lipinski definition) is 3. The number of nitrogens with zero attached hydrogens (tertiary/aromatic N) is 1. The highest BCUT2D eigenvalue weighted by atomic mass is 16.4. The van der Waals surface area contributed by atoms with Gasteiger partial charge in [0.15, 0.2) is 0 Å². The summed E-state index contributed by atoms with van der Waals surface area (Å²) in [4.78, 5) is 24.6. The molecule has 2 rings (SSSR count). The van der Waals surface area contributed by atoms with Gasteiger partial charge in [-0.15, -0.1) is 0 Å². The van der Waals surface area contributed by atoms with E-state index in [2.05, 4.69) is 11.8 Å². The van der Waals surface area contributed by atoms with Crippen molar-refractivity contribution in [2.75, 3.05) is 6.54 Å². The van der Waals surface area contributed by atoms with Crippen LogP contribution < -0.4 is 0 Å². The Balaban J connectivity index is 1.76. The van der Waals surface area contributed by atoms with Gasteiger partial charge in [-0.3, -0.25) is 9.59 Å². The molecule has 5 nitrogen and oxygen atoms in total. The van der Waals surface area contributed by atoms with Gasteiger partial charge in [0.05, 0.1) is 12.1 Å². The second-order valence-corrected chi connectivity index (χ2v) is 7.98. The number of aliphatic hydroxyl groups is 1. The predicted octanol–water partition coefficient (Wildman–Crippen LogP) is 4.01. The van der Waals surface area contributed by atoms with E-state index in [9.17, 15) is 14.7 Å². The highest BCUT2D eigenvalue weighted by molar-refractivity contribution is 5.79. The van der Waals surface area contributed by atoms with Crippen LogP contribution in [0.3, 0.4) is 0 Å². The molecular formula is C25H33NO4. The average molecular weight is 412 g/mol. The molecule has 30 heavy (non-hydrogen) atoms. The monoisotopic (exact) mass is 411 g/mol. The third-order valence-electron chi connectivity index (χ3n) is 5.46. The number of aliphatic hydroxyl groups excluding tert-OH is 1. The fraction of sp³-hybridized carbons (Fsp3) is 0.520. The van der Waals surface area contributed by atoms with Gasteiger partial charge >= 0.3 is 5.97 Å². The molecule has 1 amide bonds. The fourth-order valence-electron chi connectivity index (χ4n) is 3.55. The van der Waals surface area contributed by atoms with Crippen molar-refractivity contribution < 1.29 is 19.8 Å². The fourth-order valence-corrected chi connectivity index (χ4v) is 3.55. The normalized spacial score (nSPS) is 18.3. The van der Waals surface area contributed by atoms with Crippen LogP contribution in [0, 0.1) is 17.8 Å². The summed E-state index contributed by atoms with van der Waals surface area (Å²) in [5, 5.41) is 19.1. The molecule has 1 unspecified atom stereocenters. The molecule has 1 fully saturated rings. The van der Waals surface area contributed by atoms with E-state index in [4.69, 9.17) is 5.11 Å². The van der Waals surface area contributed by atoms with Crippen molar-refractivity contribution in [1.29, 1.82) is 0 Å². The Morgan fingerprint density at radius 2 is 1.97 bits per heavy atom. The number of benzene rings is 1. The summed E-state index contributed by atoms with van der Waals surface area (Å²) in [5.74, 6) is 5.66. The number of aliphatic carboxylic acids is 1. The van der Waals surface area contributed by atoms with E-state index in [1.165, 1.54) is 0 Å². The van der Waals surface area contributed by atoms with Gasteiger partial charge in [0.2, 0.25) is 5.91 Å². The lowest BCUT2D eigenvalue weighted by Gasteiger charge is -2.23. The van der Waals surface area contributed by atoms with E-state index in [-0.39, 0.29) is 24.3 Å². The van der Waals surface area contributed by atoms with Crippen molar-refractivity contribution in [2.45, 2.75) is 70.4 Å². The first-order valence-electron chi connectivity index (χ1n) is 10.9. The van der Waals surface area contributed by atoms with E-state index >= 15 is 0 Å². The van der Waals surface area contributed by atoms with Crippen LogP contribution in [-0.2, 0) is 9.59 Å². The molecule has 0 spiro atoms. The van der Waals surface area contributed by atoms with Crippen molar-refractivity contribution in [1.82, 2.24) is 4.90 Å². The summed E-state index contributed by atoms with van der Waals surface area (Å²) >= 11 is 0. The Hall–Kier alpha value is -2.58. The van der Waals surface area contributed by atoms with E-state index in [0.29, 0.717) is 25.8 Å². The predicted molar refractivity (Wildman–Crippen MR) is 118 cm³/mol. The number of carboxylic acids is 1. The maximum absolute atomic E-state index is 12.2. The van der Waals surface area contributed by atoms with Crippen molar-refractivity contribution in [3.05, 3.63) is 48.0 Å². The topological polar surface area (TPSA) is 77.8 Å². The zero-order valence-corrected chi connectivity index (χ0v) is 17.8. The summed E-state index contributed by atoms with van der Waals surface area (Å²) in [7, 11) is 0. The third kappa shape index (κ3) is 8.42. The van der Waals surface area contributed by atoms with Crippen LogP contribution in [0.25, 0.3) is 0 Å². The first-order valence-corrected chi connectivity index (χ1v) is 10.9. The SMILES string of the molecule is CC(CC#Cc1ccccc1)[C@H](O)/C=C/[C@H]1CCC(=O)N1CCCCCCC(=O)O. The molecule has 2 N–H and O–H groups in total. The summed E-state index contributed by atoms with van der Waals surface area (Å²) in [5.41, 5.74) is 0.970. The zero-order chi connectivity index (χ0) is 21.8. The number of carboxylic acid groups (broad SMARTS) is 1. The minimum Gasteiger partial charge on any atom is -0.481 e. The smallest absolute Gasteiger partial charge is 0.303 e. The van der Waals surface area contributed by atoms with Crippen LogP contribution in [0.4, 0.5) is 0 Å². The highest BCUT2D eigenvalue weighted by Crippen LogP contribution is 2.22. The summed E-state index contributed by atoms with van der Waals surface area (Å²) in [6.07, 6.45) is 8.66. The first kappa shape index (κ1) is 23.7. The maximum atomic E-state index is 12.2. The molecule has 1 aromatic rings. The van der Waals surface area contributed by atoms with Crippen LogP contribution in [-0.4, -0.2) is 45.7 Å². The Bertz CT molecular complexity index is 762. The molecule has 5 heteroatoms. The van der Waals surface area contributed by atoms with Crippen LogP contribution >= 0.6 is 0 Å². The average Bonchev–Trinajstić information content (AvgIpc) is 3.08. The number of likely N-dealkylation sites (tertiary alicyclic amines) is 1. The van der Waals surface area contributed by atoms with Gasteiger partial charge in [-0.25, -0.2) is 0 Å². The number of hydrogen-bond donors (Lipinski definition) is 2. The molecule has 1 aromatic carbocycles. The van der Waals surface area contributed by atoms with Gasteiger partial charge in [0, 0.05) is 31.4 Å². The van der Waals surface area contributed by atoms with Crippen LogP contribution in [0.15, 0.2) is 42.5 Å². The highest BCUT2D eigenvalue weighted by Gasteiger charge is 2.28. The lowest BCUT2D eigenvalue weighted by atomic mass is 9.99. The van der Waals surface area contributed by atoms with Crippen LogP contribution in [0.2, 0.25) is 0 Å². The first-order chi connectivity index (χ1) is 14.5. The molecule has 1 aliphatic heterocycles. The van der Waals surface area contributed by atoms with Gasteiger partial charge in [-0.05, 0) is 37.3 Å². The molecule has 3 atom stereocenters. The number of unbranched alkanes of at least 4 members (excludes halogenated alkanes) is 3. The van der Waals surface area contributed by atoms with Crippen molar-refractivity contribution in [3.63, 3.8) is 0 Å². The zero-order valence-electron chi connectivity index (χ0n) is 17.8. The van der Waals surface area contributed by atoms with E-state index in [1.54, 1.807) is 6.08 Å². The molecular weight excluding hydrogens is 378 g/mol. The van der Waals surface area contributed by atoms with Crippen LogP contribution in [0.5, 0.6) is 0 Å². The molecule has 1 saturated heterocycles. The Morgan fingerprint density at radius 1 is 1.23 bits per heavy atom. The molecule has 162 valence electrons. The molecule has 1 aliphatic rings. The van der Waals surface area contributed by atoms with Gasteiger partial charge < -0.3 is 15.1 Å². The van der Waals surface area contributed by atoms with E-state index < -0.39 is 12.1 Å². The lowest BCUT2D eigenvalue weighted by Crippen LogP contribution is -2.33. The largest absolute Gasteiger partial charge is 0.481 e. The lowest BCUT2D eigenvalue weighted by molar-refractivity contribution is -0.137. The number of carbonyl (C=O) groups excluding carboxylic acids is 1. The van der Waals surface area contributed by atoms with Crippen molar-refractivity contribution in [2.24, 2.45) is 5.92 Å². The molecule has 1 heterocycles. The van der Waals surface area contributed by atoms with Gasteiger partial charge in [0.25, 0.3) is 0 Å². The van der Waals surface area contributed by atoms with Gasteiger partial charge in [-0.2, -0.15) is 0 Å². The quantitative estimate of drug-likeness (QED) is 0.328. The molecule has 0 radical (unpaired) electrons. The maximum Gasteiger partial charge on any atom is 0.303 e. The number of rotatable bonds is 11. The standard InChI is InChI=1S/C25H33NO4/c1-20(10-9-13-21-11-5-4-6-12-21)23(27)17-15-22-16-18-24(28)26(22)19-8-3-2-7-14-25(29)30/h4-6,11-12,15,17,20,22-23,27H,2-3,7-8,10,14,16,18-19H2,1H3,(H,29,30)/b17-15+/t20?,22-,23+/m0/s1. The molecule has 0 aromatic heterocycles. The summed E-state index contributed by atoms with van der Waals surface area (Å²) in [6, 6.07) is 9.83.